The molecule has 3 rings (SSSR count). The molecular formula is C24H31NO6S. The molecule has 2 aromatic rings. The van der Waals surface area contributed by atoms with Crippen LogP contribution < -0.4 is 24.3 Å². The van der Waals surface area contributed by atoms with Gasteiger partial charge in [0.2, 0.25) is 0 Å². The topological polar surface area (TPSA) is 86.2 Å². The molecular weight excluding hydrogens is 430 g/mol. The van der Waals surface area contributed by atoms with E-state index in [1.807, 2.05) is 36.4 Å². The quantitative estimate of drug-likeness (QED) is 0.536. The summed E-state index contributed by atoms with van der Waals surface area (Å²) >= 11 is 1.56. The molecule has 0 radical (unpaired) electrons. The van der Waals surface area contributed by atoms with Crippen molar-refractivity contribution < 1.29 is 28.8 Å². The first-order valence-electron chi connectivity index (χ1n) is 10.5. The number of carbonyl (C=O) groups is 1. The summed E-state index contributed by atoms with van der Waals surface area (Å²) in [5, 5.41) is 12.2. The van der Waals surface area contributed by atoms with E-state index in [2.05, 4.69) is 26.1 Å². The Labute approximate surface area is 193 Å². The zero-order valence-electron chi connectivity index (χ0n) is 19.1. The molecule has 1 aliphatic heterocycles. The summed E-state index contributed by atoms with van der Waals surface area (Å²) in [6, 6.07) is 10.9. The van der Waals surface area contributed by atoms with Crippen molar-refractivity contribution in [1.82, 2.24) is 5.32 Å². The van der Waals surface area contributed by atoms with Crippen molar-refractivity contribution in [3.63, 3.8) is 0 Å². The molecule has 0 amide bonds. The van der Waals surface area contributed by atoms with Gasteiger partial charge < -0.3 is 24.1 Å². The lowest BCUT2D eigenvalue weighted by atomic mass is 9.86. The fourth-order valence-electron chi connectivity index (χ4n) is 3.43. The predicted molar refractivity (Wildman–Crippen MR) is 125 cm³/mol. The highest BCUT2D eigenvalue weighted by Crippen LogP contribution is 2.38. The van der Waals surface area contributed by atoms with Crippen LogP contribution in [0.2, 0.25) is 0 Å². The molecule has 2 unspecified atom stereocenters. The molecule has 0 spiro atoms. The normalized spacial score (nSPS) is 18.3. The molecule has 2 aromatic carbocycles. The molecule has 32 heavy (non-hydrogen) atoms. The minimum absolute atomic E-state index is 0.0952. The van der Waals surface area contributed by atoms with Gasteiger partial charge in [-0.05, 0) is 41.3 Å². The van der Waals surface area contributed by atoms with Crippen molar-refractivity contribution in [2.24, 2.45) is 0 Å². The molecule has 1 heterocycles. The molecule has 2 atom stereocenters. The Morgan fingerprint density at radius 1 is 1.03 bits per heavy atom. The van der Waals surface area contributed by atoms with Gasteiger partial charge in [0.1, 0.15) is 30.8 Å². The number of ether oxygens (including phenoxy) is 4. The first-order valence-corrected chi connectivity index (χ1v) is 11.5. The Morgan fingerprint density at radius 3 is 2.31 bits per heavy atom. The maximum atomic E-state index is 11.2. The van der Waals surface area contributed by atoms with E-state index >= 15 is 0 Å². The fraction of sp³-hybridized carbons (Fsp3) is 0.458. The largest absolute Gasteiger partial charge is 0.497 e. The Kier molecular flexibility index (Phi) is 7.79. The van der Waals surface area contributed by atoms with Crippen molar-refractivity contribution >= 4 is 17.7 Å². The number of nitrogens with one attached hydrogen (secondary N) is 1. The van der Waals surface area contributed by atoms with Crippen molar-refractivity contribution in [2.75, 3.05) is 33.2 Å². The van der Waals surface area contributed by atoms with Gasteiger partial charge in [0.25, 0.3) is 0 Å². The SMILES string of the molecule is COc1ccc(OCCOc2cc(C3NC(C(=O)O)CS3)ccc2OC)c(C(C)(C)C)c1. The molecule has 2 N–H and O–H groups in total. The van der Waals surface area contributed by atoms with Crippen LogP contribution in [0.1, 0.15) is 37.3 Å². The summed E-state index contributed by atoms with van der Waals surface area (Å²) in [4.78, 5) is 11.2. The summed E-state index contributed by atoms with van der Waals surface area (Å²) in [7, 11) is 3.24. The maximum Gasteiger partial charge on any atom is 0.321 e. The van der Waals surface area contributed by atoms with Gasteiger partial charge in [-0.1, -0.05) is 26.8 Å². The van der Waals surface area contributed by atoms with Crippen LogP contribution in [0.4, 0.5) is 0 Å². The summed E-state index contributed by atoms with van der Waals surface area (Å²) in [5.74, 6) is 2.49. The average Bonchev–Trinajstić information content (AvgIpc) is 3.26. The lowest BCUT2D eigenvalue weighted by molar-refractivity contribution is -0.138. The second kappa shape index (κ2) is 10.4. The van der Waals surface area contributed by atoms with E-state index in [-0.39, 0.29) is 10.8 Å². The van der Waals surface area contributed by atoms with E-state index in [0.29, 0.717) is 30.5 Å². The third-order valence-corrected chi connectivity index (χ3v) is 6.43. The number of rotatable bonds is 9. The number of hydrogen-bond donors (Lipinski definition) is 2. The van der Waals surface area contributed by atoms with E-state index in [0.717, 1.165) is 22.6 Å². The summed E-state index contributed by atoms with van der Waals surface area (Å²) in [5.41, 5.74) is 1.91. The van der Waals surface area contributed by atoms with Crippen LogP contribution in [0.15, 0.2) is 36.4 Å². The monoisotopic (exact) mass is 461 g/mol. The molecule has 1 fully saturated rings. The Balaban J connectivity index is 1.64. The van der Waals surface area contributed by atoms with Crippen LogP contribution in [0.5, 0.6) is 23.0 Å². The van der Waals surface area contributed by atoms with E-state index in [4.69, 9.17) is 18.9 Å². The van der Waals surface area contributed by atoms with E-state index < -0.39 is 12.0 Å². The summed E-state index contributed by atoms with van der Waals surface area (Å²) in [6.45, 7) is 7.08. The highest BCUT2D eigenvalue weighted by molar-refractivity contribution is 7.99. The maximum absolute atomic E-state index is 11.2. The third kappa shape index (κ3) is 5.81. The van der Waals surface area contributed by atoms with Crippen LogP contribution in [-0.4, -0.2) is 50.3 Å². The number of thioether (sulfide) groups is 1. The van der Waals surface area contributed by atoms with Crippen LogP contribution in [0.25, 0.3) is 0 Å². The molecule has 174 valence electrons. The first kappa shape index (κ1) is 24.1. The average molecular weight is 462 g/mol. The summed E-state index contributed by atoms with van der Waals surface area (Å²) < 4.78 is 22.8. The number of aliphatic carboxylic acids is 1. The van der Waals surface area contributed by atoms with Gasteiger partial charge in [-0.3, -0.25) is 10.1 Å². The van der Waals surface area contributed by atoms with Crippen molar-refractivity contribution in [3.8, 4) is 23.0 Å². The minimum atomic E-state index is -0.838. The number of methoxy groups -OCH3 is 2. The molecule has 8 heteroatoms. The molecule has 0 aromatic heterocycles. The molecule has 1 aliphatic rings. The second-order valence-corrected chi connectivity index (χ2v) is 9.63. The Hall–Kier alpha value is -2.58. The lowest BCUT2D eigenvalue weighted by Crippen LogP contribution is -2.33. The number of carboxylic acids is 1. The third-order valence-electron chi connectivity index (χ3n) is 5.16. The van der Waals surface area contributed by atoms with Crippen molar-refractivity contribution in [2.45, 2.75) is 37.6 Å². The van der Waals surface area contributed by atoms with E-state index in [9.17, 15) is 9.90 Å². The van der Waals surface area contributed by atoms with Gasteiger partial charge in [-0.15, -0.1) is 11.8 Å². The first-order chi connectivity index (χ1) is 15.2. The van der Waals surface area contributed by atoms with Gasteiger partial charge in [0, 0.05) is 11.3 Å². The van der Waals surface area contributed by atoms with Crippen LogP contribution in [-0.2, 0) is 10.2 Å². The van der Waals surface area contributed by atoms with Gasteiger partial charge >= 0.3 is 5.97 Å². The van der Waals surface area contributed by atoms with Gasteiger partial charge in [0.15, 0.2) is 11.5 Å². The predicted octanol–water partition coefficient (Wildman–Crippen LogP) is 4.25. The number of benzene rings is 2. The zero-order chi connectivity index (χ0) is 23.3. The molecule has 0 saturated carbocycles. The fourth-order valence-corrected chi connectivity index (χ4v) is 4.65. The van der Waals surface area contributed by atoms with E-state index in [1.54, 1.807) is 26.0 Å². The smallest absolute Gasteiger partial charge is 0.321 e. The highest BCUT2D eigenvalue weighted by Gasteiger charge is 2.30. The molecule has 7 nitrogen and oxygen atoms in total. The van der Waals surface area contributed by atoms with Crippen LogP contribution in [0, 0.1) is 0 Å². The number of hydrogen-bond acceptors (Lipinski definition) is 7. The standard InChI is InChI=1S/C24H31NO6S/c1-24(2,3)17-13-16(28-4)7-9-19(17)30-10-11-31-21-12-15(6-8-20(21)29-5)22-25-18(14-32-22)23(26)27/h6-9,12-13,18,22,25H,10-11,14H2,1-5H3,(H,26,27). The Morgan fingerprint density at radius 2 is 1.72 bits per heavy atom. The summed E-state index contributed by atoms with van der Waals surface area (Å²) in [6.07, 6.45) is 0. The minimum Gasteiger partial charge on any atom is -0.497 e. The van der Waals surface area contributed by atoms with Crippen molar-refractivity contribution in [1.29, 1.82) is 0 Å². The van der Waals surface area contributed by atoms with Crippen LogP contribution >= 0.6 is 11.8 Å². The number of carboxylic acid groups (broad SMARTS) is 1. The highest BCUT2D eigenvalue weighted by atomic mass is 32.2. The van der Waals surface area contributed by atoms with Crippen molar-refractivity contribution in [3.05, 3.63) is 47.5 Å². The van der Waals surface area contributed by atoms with Gasteiger partial charge in [0.05, 0.1) is 19.6 Å². The second-order valence-electron chi connectivity index (χ2n) is 8.49. The lowest BCUT2D eigenvalue weighted by Gasteiger charge is -2.23. The zero-order valence-corrected chi connectivity index (χ0v) is 20.0. The molecule has 1 saturated heterocycles. The Bertz CT molecular complexity index is 943. The molecule has 0 bridgehead atoms. The van der Waals surface area contributed by atoms with Gasteiger partial charge in [-0.25, -0.2) is 0 Å². The molecule has 0 aliphatic carbocycles. The van der Waals surface area contributed by atoms with Gasteiger partial charge in [-0.2, -0.15) is 0 Å². The van der Waals surface area contributed by atoms with Crippen LogP contribution in [0.3, 0.4) is 0 Å². The van der Waals surface area contributed by atoms with E-state index in [1.165, 1.54) is 0 Å².